The first-order chi connectivity index (χ1) is 9.50. The maximum atomic E-state index is 13.8. The van der Waals surface area contributed by atoms with Crippen LogP contribution in [0.1, 0.15) is 31.2 Å². The summed E-state index contributed by atoms with van der Waals surface area (Å²) in [5.41, 5.74) is -3.92. The molecule has 0 spiro atoms. The lowest BCUT2D eigenvalue weighted by molar-refractivity contribution is -0.0367. The Labute approximate surface area is 117 Å². The molecule has 1 heterocycles. The third-order valence-corrected chi connectivity index (χ3v) is 7.30. The van der Waals surface area contributed by atoms with Crippen LogP contribution in [-0.2, 0) is 0 Å². The van der Waals surface area contributed by atoms with Crippen molar-refractivity contribution < 1.29 is 13.2 Å². The van der Waals surface area contributed by atoms with Crippen molar-refractivity contribution in [3.05, 3.63) is 34.7 Å². The Hall–Kier alpha value is -1.41. The van der Waals surface area contributed by atoms with E-state index in [1.165, 1.54) is 6.07 Å². The molecule has 1 aliphatic heterocycles. The fourth-order valence-electron chi connectivity index (χ4n) is 3.24. The predicted octanol–water partition coefficient (Wildman–Crippen LogP) is 5.40. The van der Waals surface area contributed by atoms with E-state index in [1.54, 1.807) is 29.7 Å². The summed E-state index contributed by atoms with van der Waals surface area (Å²) in [4.78, 5) is 0.517. The van der Waals surface area contributed by atoms with Crippen LogP contribution < -0.4 is 0 Å². The lowest BCUT2D eigenvalue weighted by Crippen LogP contribution is -2.22. The smallest absolute Gasteiger partial charge is 0.186 e. The first-order valence-corrected chi connectivity index (χ1v) is 8.25. The highest BCUT2D eigenvalue weighted by molar-refractivity contribution is 8.41. The number of benzene rings is 1. The van der Waals surface area contributed by atoms with Gasteiger partial charge in [-0.3, -0.25) is 0 Å². The van der Waals surface area contributed by atoms with E-state index >= 15 is 0 Å². The number of hydrogen-bond donors (Lipinski definition) is 0. The monoisotopic (exact) mass is 297 g/mol. The standard InChI is InChI=1S/C15H14F3NS/c16-15(17,18)20(10-19)13-8-4-3-7-12(13)9-14(20)11-5-1-2-6-11/h3-4,7-9,11H,1-2,5-6H2. The van der Waals surface area contributed by atoms with Crippen molar-refractivity contribution >= 4 is 16.1 Å². The number of fused-ring (bicyclic) bond motifs is 1. The lowest BCUT2D eigenvalue weighted by Gasteiger charge is -2.36. The molecule has 5 heteroatoms. The number of nitriles is 1. The Balaban J connectivity index is 2.22. The number of thiocyanates is 1. The number of hydrogen-bond acceptors (Lipinski definition) is 1. The molecule has 1 unspecified atom stereocenters. The highest BCUT2D eigenvalue weighted by Gasteiger charge is 2.58. The highest BCUT2D eigenvalue weighted by Crippen LogP contribution is 2.77. The minimum absolute atomic E-state index is 0.0846. The molecule has 106 valence electrons. The molecule has 0 amide bonds. The van der Waals surface area contributed by atoms with Crippen LogP contribution in [0.2, 0.25) is 0 Å². The second-order valence-electron chi connectivity index (χ2n) is 5.22. The molecule has 0 aromatic heterocycles. The Morgan fingerprint density at radius 1 is 1.15 bits per heavy atom. The zero-order valence-corrected chi connectivity index (χ0v) is 11.6. The number of halogens is 3. The van der Waals surface area contributed by atoms with Crippen molar-refractivity contribution in [2.24, 2.45) is 5.92 Å². The zero-order valence-electron chi connectivity index (χ0n) is 10.8. The van der Waals surface area contributed by atoms with Crippen molar-refractivity contribution in [3.63, 3.8) is 0 Å². The second-order valence-corrected chi connectivity index (χ2v) is 8.00. The molecule has 20 heavy (non-hydrogen) atoms. The highest BCUT2D eigenvalue weighted by atomic mass is 32.3. The van der Waals surface area contributed by atoms with Crippen LogP contribution in [0.25, 0.3) is 6.08 Å². The van der Waals surface area contributed by atoms with Gasteiger partial charge in [0.15, 0.2) is 0 Å². The summed E-state index contributed by atoms with van der Waals surface area (Å²) >= 11 is 0. The molecule has 1 nitrogen and oxygen atoms in total. The maximum Gasteiger partial charge on any atom is 0.445 e. The van der Waals surface area contributed by atoms with Gasteiger partial charge in [-0.15, -0.1) is 0 Å². The van der Waals surface area contributed by atoms with Crippen molar-refractivity contribution in [2.45, 2.75) is 36.1 Å². The average molecular weight is 297 g/mol. The quantitative estimate of drug-likeness (QED) is 0.637. The zero-order chi connectivity index (χ0) is 14.4. The van der Waals surface area contributed by atoms with Crippen LogP contribution in [-0.4, -0.2) is 5.51 Å². The van der Waals surface area contributed by atoms with Crippen LogP contribution in [0.15, 0.2) is 34.1 Å². The van der Waals surface area contributed by atoms with Crippen LogP contribution >= 0.6 is 10.0 Å². The lowest BCUT2D eigenvalue weighted by atomic mass is 10.1. The van der Waals surface area contributed by atoms with Gasteiger partial charge < -0.3 is 0 Å². The summed E-state index contributed by atoms with van der Waals surface area (Å²) in [7, 11) is -3.53. The Morgan fingerprint density at radius 3 is 2.40 bits per heavy atom. The van der Waals surface area contributed by atoms with Gasteiger partial charge in [0.1, 0.15) is 5.40 Å². The van der Waals surface area contributed by atoms with Crippen LogP contribution in [0.3, 0.4) is 0 Å². The fourth-order valence-corrected chi connectivity index (χ4v) is 6.12. The summed E-state index contributed by atoms with van der Waals surface area (Å²) in [6.07, 6.45) is 5.09. The van der Waals surface area contributed by atoms with E-state index in [0.717, 1.165) is 25.7 Å². The Morgan fingerprint density at radius 2 is 1.80 bits per heavy atom. The molecule has 1 atom stereocenters. The number of alkyl halides is 3. The predicted molar refractivity (Wildman–Crippen MR) is 73.9 cm³/mol. The topological polar surface area (TPSA) is 23.8 Å². The average Bonchev–Trinajstić information content (AvgIpc) is 3.03. The Bertz CT molecular complexity index is 608. The van der Waals surface area contributed by atoms with E-state index in [9.17, 15) is 18.4 Å². The van der Waals surface area contributed by atoms with E-state index in [4.69, 9.17) is 0 Å². The van der Waals surface area contributed by atoms with E-state index in [2.05, 4.69) is 0 Å². The minimum atomic E-state index is -4.50. The largest absolute Gasteiger partial charge is 0.445 e. The summed E-state index contributed by atoms with van der Waals surface area (Å²) in [6.45, 7) is 0. The first kappa shape index (κ1) is 13.6. The van der Waals surface area contributed by atoms with Crippen molar-refractivity contribution in [2.75, 3.05) is 0 Å². The molecular formula is C15H14F3NS. The third-order valence-electron chi connectivity index (χ3n) is 4.14. The van der Waals surface area contributed by atoms with Crippen LogP contribution in [0, 0.1) is 16.6 Å². The first-order valence-electron chi connectivity index (χ1n) is 6.62. The van der Waals surface area contributed by atoms with Crippen LogP contribution in [0.5, 0.6) is 0 Å². The molecule has 0 saturated heterocycles. The van der Waals surface area contributed by atoms with Gasteiger partial charge in [0.25, 0.3) is 0 Å². The molecule has 3 rings (SSSR count). The number of nitrogens with zero attached hydrogens (tertiary/aromatic N) is 1. The van der Waals surface area contributed by atoms with E-state index in [0.29, 0.717) is 10.5 Å². The van der Waals surface area contributed by atoms with Crippen molar-refractivity contribution in [3.8, 4) is 5.40 Å². The van der Waals surface area contributed by atoms with Gasteiger partial charge >= 0.3 is 5.51 Å². The molecule has 0 radical (unpaired) electrons. The molecular weight excluding hydrogens is 283 g/mol. The fraction of sp³-hybridized carbons (Fsp3) is 0.400. The molecule has 0 N–H and O–H groups in total. The Kier molecular flexibility index (Phi) is 3.09. The van der Waals surface area contributed by atoms with Crippen molar-refractivity contribution in [1.82, 2.24) is 0 Å². The van der Waals surface area contributed by atoms with E-state index in [1.807, 2.05) is 0 Å². The molecule has 1 aliphatic carbocycles. The van der Waals surface area contributed by atoms with Gasteiger partial charge in [0, 0.05) is 4.90 Å². The normalized spacial score (nSPS) is 29.4. The summed E-state index contributed by atoms with van der Waals surface area (Å²) < 4.78 is 41.3. The summed E-state index contributed by atoms with van der Waals surface area (Å²) in [6, 6.07) is 6.47. The SMILES string of the molecule is N#CS1(C(F)(F)F)C(C2CCCC2)=Cc2ccccc21. The van der Waals surface area contributed by atoms with Gasteiger partial charge in [-0.2, -0.15) is 18.4 Å². The van der Waals surface area contributed by atoms with E-state index in [-0.39, 0.29) is 10.8 Å². The van der Waals surface area contributed by atoms with E-state index < -0.39 is 15.5 Å². The molecule has 0 bridgehead atoms. The maximum absolute atomic E-state index is 13.8. The summed E-state index contributed by atoms with van der Waals surface area (Å²) in [5, 5.41) is 11.1. The van der Waals surface area contributed by atoms with Gasteiger partial charge in [0.05, 0.1) is 0 Å². The number of allylic oxidation sites excluding steroid dienone is 1. The van der Waals surface area contributed by atoms with Gasteiger partial charge in [-0.1, -0.05) is 31.0 Å². The van der Waals surface area contributed by atoms with Gasteiger partial charge in [0.2, 0.25) is 0 Å². The van der Waals surface area contributed by atoms with Gasteiger partial charge in [-0.05, 0) is 51.4 Å². The second kappa shape index (κ2) is 4.56. The molecule has 1 saturated carbocycles. The van der Waals surface area contributed by atoms with Gasteiger partial charge in [-0.25, -0.2) is 0 Å². The molecule has 1 aromatic carbocycles. The third kappa shape index (κ3) is 1.71. The van der Waals surface area contributed by atoms with Crippen molar-refractivity contribution in [1.29, 1.82) is 5.26 Å². The molecule has 1 fully saturated rings. The minimum Gasteiger partial charge on any atom is -0.186 e. The number of rotatable bonds is 1. The van der Waals surface area contributed by atoms with Crippen LogP contribution in [0.4, 0.5) is 13.2 Å². The molecule has 1 aromatic rings. The summed E-state index contributed by atoms with van der Waals surface area (Å²) in [5.74, 6) is -0.0846. The molecule has 2 aliphatic rings.